The molecule has 1 aliphatic heterocycles. The van der Waals surface area contributed by atoms with Gasteiger partial charge in [-0.1, -0.05) is 6.07 Å². The molecule has 8 heteroatoms. The van der Waals surface area contributed by atoms with Crippen molar-refractivity contribution in [1.82, 2.24) is 15.1 Å². The molecule has 2 aromatic heterocycles. The molecule has 1 amide bonds. The van der Waals surface area contributed by atoms with Gasteiger partial charge >= 0.3 is 0 Å². The van der Waals surface area contributed by atoms with Crippen molar-refractivity contribution < 1.29 is 22.4 Å². The summed E-state index contributed by atoms with van der Waals surface area (Å²) in [7, 11) is 0. The highest BCUT2D eigenvalue weighted by Gasteiger charge is 2.30. The summed E-state index contributed by atoms with van der Waals surface area (Å²) in [6.45, 7) is 0.724. The molecule has 3 heterocycles. The molecule has 0 N–H and O–H groups in total. The van der Waals surface area contributed by atoms with Crippen LogP contribution in [0.3, 0.4) is 0 Å². The van der Waals surface area contributed by atoms with Gasteiger partial charge in [0.25, 0.3) is 11.8 Å². The third-order valence-electron chi connectivity index (χ3n) is 4.52. The van der Waals surface area contributed by atoms with Crippen LogP contribution >= 0.6 is 0 Å². The molecule has 1 saturated heterocycles. The number of furan rings is 1. The van der Waals surface area contributed by atoms with Crippen molar-refractivity contribution in [3.8, 4) is 11.5 Å². The van der Waals surface area contributed by atoms with E-state index in [0.29, 0.717) is 43.3 Å². The van der Waals surface area contributed by atoms with Gasteiger partial charge in [-0.3, -0.25) is 4.79 Å². The molecule has 0 radical (unpaired) electrons. The highest BCUT2D eigenvalue weighted by molar-refractivity contribution is 5.94. The van der Waals surface area contributed by atoms with E-state index >= 15 is 0 Å². The Morgan fingerprint density at radius 3 is 2.50 bits per heavy atom. The first-order chi connectivity index (χ1) is 12.6. The maximum absolute atomic E-state index is 13.8. The van der Waals surface area contributed by atoms with Crippen LogP contribution in [0.5, 0.6) is 0 Å². The third-order valence-corrected chi connectivity index (χ3v) is 4.52. The molecule has 0 aliphatic carbocycles. The highest BCUT2D eigenvalue weighted by Crippen LogP contribution is 2.30. The average molecular weight is 359 g/mol. The molecule has 1 aromatic carbocycles. The normalized spacial score (nSPS) is 15.4. The van der Waals surface area contributed by atoms with Crippen molar-refractivity contribution >= 4 is 5.91 Å². The summed E-state index contributed by atoms with van der Waals surface area (Å²) >= 11 is 0. The minimum absolute atomic E-state index is 0.00216. The molecule has 6 nitrogen and oxygen atoms in total. The Labute approximate surface area is 147 Å². The van der Waals surface area contributed by atoms with E-state index < -0.39 is 23.1 Å². The second-order valence-electron chi connectivity index (χ2n) is 6.12. The maximum Gasteiger partial charge on any atom is 0.259 e. The summed E-state index contributed by atoms with van der Waals surface area (Å²) in [4.78, 5) is 13.9. The first-order valence-corrected chi connectivity index (χ1v) is 8.22. The van der Waals surface area contributed by atoms with Gasteiger partial charge in [-0.25, -0.2) is 8.78 Å². The van der Waals surface area contributed by atoms with Crippen molar-refractivity contribution in [3.05, 3.63) is 59.9 Å². The number of piperidine rings is 1. The summed E-state index contributed by atoms with van der Waals surface area (Å²) in [5.74, 6) is -1.47. The number of likely N-dealkylation sites (tertiary alicyclic amines) is 1. The Kier molecular flexibility index (Phi) is 4.24. The van der Waals surface area contributed by atoms with Crippen LogP contribution in [0.2, 0.25) is 0 Å². The van der Waals surface area contributed by atoms with E-state index in [2.05, 4.69) is 10.2 Å². The van der Waals surface area contributed by atoms with Crippen LogP contribution < -0.4 is 0 Å². The van der Waals surface area contributed by atoms with E-state index in [1.54, 1.807) is 6.07 Å². The topological polar surface area (TPSA) is 72.4 Å². The number of carbonyl (C=O) groups is 1. The Morgan fingerprint density at radius 2 is 1.85 bits per heavy atom. The van der Waals surface area contributed by atoms with Crippen molar-refractivity contribution in [2.24, 2.45) is 0 Å². The molecule has 0 bridgehead atoms. The van der Waals surface area contributed by atoms with Gasteiger partial charge in [0.05, 0.1) is 11.8 Å². The van der Waals surface area contributed by atoms with Crippen LogP contribution in [0.4, 0.5) is 8.78 Å². The molecule has 0 spiro atoms. The van der Waals surface area contributed by atoms with Crippen molar-refractivity contribution in [3.63, 3.8) is 0 Å². The molecular formula is C18H15F2N3O3. The summed E-state index contributed by atoms with van der Waals surface area (Å²) < 4.78 is 38.3. The van der Waals surface area contributed by atoms with Crippen molar-refractivity contribution in [2.75, 3.05) is 13.1 Å². The lowest BCUT2D eigenvalue weighted by molar-refractivity contribution is 0.0696. The van der Waals surface area contributed by atoms with E-state index in [1.807, 2.05) is 0 Å². The van der Waals surface area contributed by atoms with Crippen molar-refractivity contribution in [1.29, 1.82) is 0 Å². The number of aromatic nitrogens is 2. The molecule has 3 aromatic rings. The lowest BCUT2D eigenvalue weighted by atomic mass is 9.96. The number of hydrogen-bond acceptors (Lipinski definition) is 5. The number of hydrogen-bond donors (Lipinski definition) is 0. The predicted molar refractivity (Wildman–Crippen MR) is 86.2 cm³/mol. The van der Waals surface area contributed by atoms with Gasteiger partial charge in [-0.15, -0.1) is 10.2 Å². The minimum atomic E-state index is -0.848. The van der Waals surface area contributed by atoms with Crippen LogP contribution in [0, 0.1) is 11.6 Å². The Morgan fingerprint density at radius 1 is 1.12 bits per heavy atom. The molecular weight excluding hydrogens is 344 g/mol. The Bertz CT molecular complexity index is 895. The predicted octanol–water partition coefficient (Wildman–Crippen LogP) is 3.63. The summed E-state index contributed by atoms with van der Waals surface area (Å²) in [5.41, 5.74) is 0.192. The second-order valence-corrected chi connectivity index (χ2v) is 6.12. The van der Waals surface area contributed by atoms with Gasteiger partial charge in [-0.05, 0) is 31.0 Å². The monoisotopic (exact) mass is 359 g/mol. The fraction of sp³-hybridized carbons (Fsp3) is 0.278. The quantitative estimate of drug-likeness (QED) is 0.714. The molecule has 134 valence electrons. The van der Waals surface area contributed by atoms with Gasteiger partial charge in [0.2, 0.25) is 5.89 Å². The van der Waals surface area contributed by atoms with Crippen molar-refractivity contribution in [2.45, 2.75) is 18.8 Å². The van der Waals surface area contributed by atoms with E-state index in [9.17, 15) is 13.6 Å². The minimum Gasteiger partial charge on any atom is -0.472 e. The van der Waals surface area contributed by atoms with Crippen LogP contribution in [0.15, 0.2) is 45.6 Å². The lowest BCUT2D eigenvalue weighted by Crippen LogP contribution is -2.38. The number of nitrogens with zero attached hydrogens (tertiary/aromatic N) is 3. The standard InChI is InChI=1S/C18H15F2N3O3/c19-13-2-1-3-14(20)15(13)18(24)23-7-4-11(5-8-23)16-21-22-17(26-16)12-6-9-25-10-12/h1-3,6,9-11H,4-5,7-8H2. The average Bonchev–Trinajstić information content (AvgIpc) is 3.33. The smallest absolute Gasteiger partial charge is 0.259 e. The number of rotatable bonds is 3. The third kappa shape index (κ3) is 2.98. The fourth-order valence-corrected chi connectivity index (χ4v) is 3.09. The molecule has 0 unspecified atom stereocenters. The number of amides is 1. The van der Waals surface area contributed by atoms with E-state index in [1.165, 1.54) is 23.5 Å². The van der Waals surface area contributed by atoms with Gasteiger partial charge in [0.1, 0.15) is 23.5 Å². The zero-order chi connectivity index (χ0) is 18.1. The van der Waals surface area contributed by atoms with Crippen LogP contribution in [0.1, 0.15) is 35.0 Å². The van der Waals surface area contributed by atoms with Gasteiger partial charge in [0, 0.05) is 19.0 Å². The first kappa shape index (κ1) is 16.4. The Balaban J connectivity index is 1.44. The highest BCUT2D eigenvalue weighted by atomic mass is 19.1. The van der Waals surface area contributed by atoms with Crippen LogP contribution in [-0.4, -0.2) is 34.1 Å². The molecule has 4 rings (SSSR count). The van der Waals surface area contributed by atoms with E-state index in [-0.39, 0.29) is 5.92 Å². The van der Waals surface area contributed by atoms with Gasteiger partial charge < -0.3 is 13.7 Å². The number of halogens is 2. The second kappa shape index (κ2) is 6.70. The largest absolute Gasteiger partial charge is 0.472 e. The zero-order valence-electron chi connectivity index (χ0n) is 13.7. The zero-order valence-corrected chi connectivity index (χ0v) is 13.7. The molecule has 1 fully saturated rings. The number of carbonyl (C=O) groups excluding carboxylic acids is 1. The molecule has 0 saturated carbocycles. The summed E-state index contributed by atoms with van der Waals surface area (Å²) in [5, 5.41) is 8.07. The van der Waals surface area contributed by atoms with Gasteiger partial charge in [0.15, 0.2) is 0 Å². The Hall–Kier alpha value is -3.03. The van der Waals surface area contributed by atoms with Gasteiger partial charge in [-0.2, -0.15) is 0 Å². The SMILES string of the molecule is O=C(c1c(F)cccc1F)N1CCC(c2nnc(-c3ccoc3)o2)CC1. The van der Waals surface area contributed by atoms with Crippen LogP contribution in [0.25, 0.3) is 11.5 Å². The van der Waals surface area contributed by atoms with Crippen LogP contribution in [-0.2, 0) is 0 Å². The molecule has 26 heavy (non-hydrogen) atoms. The molecule has 1 aliphatic rings. The lowest BCUT2D eigenvalue weighted by Gasteiger charge is -2.30. The molecule has 0 atom stereocenters. The number of benzene rings is 1. The first-order valence-electron chi connectivity index (χ1n) is 8.22. The fourth-order valence-electron chi connectivity index (χ4n) is 3.09. The summed E-state index contributed by atoms with van der Waals surface area (Å²) in [6.07, 6.45) is 4.19. The summed E-state index contributed by atoms with van der Waals surface area (Å²) in [6, 6.07) is 5.13. The van der Waals surface area contributed by atoms with E-state index in [4.69, 9.17) is 8.83 Å². The maximum atomic E-state index is 13.8. The van der Waals surface area contributed by atoms with E-state index in [0.717, 1.165) is 12.1 Å².